The number of aromatic nitrogens is 2. The smallest absolute Gasteiger partial charge is 0.236 e. The van der Waals surface area contributed by atoms with Crippen LogP contribution in [0.1, 0.15) is 30.4 Å². The maximum atomic E-state index is 13.3. The lowest BCUT2D eigenvalue weighted by atomic mass is 9.95. The van der Waals surface area contributed by atoms with E-state index < -0.39 is 0 Å². The van der Waals surface area contributed by atoms with Crippen LogP contribution in [-0.4, -0.2) is 82.6 Å². The molecule has 2 aromatic rings. The lowest BCUT2D eigenvalue weighted by Gasteiger charge is -2.40. The van der Waals surface area contributed by atoms with Crippen molar-refractivity contribution < 1.29 is 9.18 Å². The molecule has 2 atom stereocenters. The van der Waals surface area contributed by atoms with Crippen LogP contribution >= 0.6 is 0 Å². The van der Waals surface area contributed by atoms with Crippen LogP contribution in [0.4, 0.5) is 4.39 Å². The van der Waals surface area contributed by atoms with Gasteiger partial charge in [-0.25, -0.2) is 9.97 Å². The van der Waals surface area contributed by atoms with Gasteiger partial charge in [0.05, 0.1) is 13.2 Å². The summed E-state index contributed by atoms with van der Waals surface area (Å²) in [4.78, 5) is 27.9. The van der Waals surface area contributed by atoms with E-state index in [2.05, 4.69) is 38.0 Å². The quantitative estimate of drug-likeness (QED) is 0.720. The Kier molecular flexibility index (Phi) is 6.46. The molecule has 1 aromatic carbocycles. The molecule has 6 nitrogen and oxygen atoms in total. The highest BCUT2D eigenvalue weighted by molar-refractivity contribution is 5.78. The Morgan fingerprint density at radius 1 is 1.00 bits per heavy atom. The summed E-state index contributed by atoms with van der Waals surface area (Å²) in [5.41, 5.74) is 4.82. The van der Waals surface area contributed by atoms with E-state index in [4.69, 9.17) is 0 Å². The summed E-state index contributed by atoms with van der Waals surface area (Å²) < 4.78 is 13.3. The number of rotatable bonds is 5. The molecule has 3 heterocycles. The average Bonchev–Trinajstić information content (AvgIpc) is 3.33. The zero-order valence-electron chi connectivity index (χ0n) is 18.6. The zero-order chi connectivity index (χ0) is 21.9. The second-order valence-corrected chi connectivity index (χ2v) is 9.40. The predicted octanol–water partition coefficient (Wildman–Crippen LogP) is 2.78. The van der Waals surface area contributed by atoms with Gasteiger partial charge in [0.25, 0.3) is 0 Å². The van der Waals surface area contributed by atoms with Gasteiger partial charge in [0.1, 0.15) is 6.33 Å². The molecule has 0 bridgehead atoms. The first-order chi connectivity index (χ1) is 15.7. The van der Waals surface area contributed by atoms with Crippen LogP contribution in [0.5, 0.6) is 0 Å². The van der Waals surface area contributed by atoms with Crippen LogP contribution in [0, 0.1) is 5.92 Å². The highest BCUT2D eigenvalue weighted by Gasteiger charge is 2.34. The van der Waals surface area contributed by atoms with Crippen molar-refractivity contribution in [3.63, 3.8) is 0 Å². The maximum absolute atomic E-state index is 13.3. The Balaban J connectivity index is 1.14. The largest absolute Gasteiger partial charge is 0.339 e. The molecule has 0 N–H and O–H groups in total. The van der Waals surface area contributed by atoms with Crippen LogP contribution in [-0.2, 0) is 17.8 Å². The molecule has 0 spiro atoms. The number of amides is 1. The first-order valence-electron chi connectivity index (χ1n) is 11.9. The minimum Gasteiger partial charge on any atom is -0.339 e. The van der Waals surface area contributed by atoms with Crippen LogP contribution in [0.2, 0.25) is 0 Å². The van der Waals surface area contributed by atoms with Crippen LogP contribution in [0.25, 0.3) is 11.1 Å². The van der Waals surface area contributed by atoms with E-state index in [1.807, 2.05) is 17.3 Å². The summed E-state index contributed by atoms with van der Waals surface area (Å²) in [5, 5.41) is 0. The van der Waals surface area contributed by atoms with Gasteiger partial charge >= 0.3 is 0 Å². The molecule has 0 radical (unpaired) electrons. The van der Waals surface area contributed by atoms with E-state index in [1.165, 1.54) is 11.1 Å². The number of nitrogens with zero attached hydrogens (tertiary/aromatic N) is 5. The number of fused-ring (bicyclic) bond motifs is 1. The lowest BCUT2D eigenvalue weighted by Crippen LogP contribution is -2.54. The molecule has 32 heavy (non-hydrogen) atoms. The molecule has 1 amide bonds. The topological polar surface area (TPSA) is 52.6 Å². The summed E-state index contributed by atoms with van der Waals surface area (Å²) in [5.74, 6) is 0.417. The summed E-state index contributed by atoms with van der Waals surface area (Å²) in [6.45, 7) is 5.26. The normalized spacial score (nSPS) is 24.5. The summed E-state index contributed by atoms with van der Waals surface area (Å²) >= 11 is 0. The fraction of sp³-hybridized carbons (Fsp3) is 0.560. The second-order valence-electron chi connectivity index (χ2n) is 9.40. The van der Waals surface area contributed by atoms with E-state index in [0.29, 0.717) is 12.6 Å². The van der Waals surface area contributed by atoms with Gasteiger partial charge in [0.2, 0.25) is 5.91 Å². The van der Waals surface area contributed by atoms with E-state index in [9.17, 15) is 9.18 Å². The summed E-state index contributed by atoms with van der Waals surface area (Å²) in [6, 6.07) is 6.91. The van der Waals surface area contributed by atoms with E-state index >= 15 is 0 Å². The number of alkyl halides is 1. The van der Waals surface area contributed by atoms with E-state index in [-0.39, 0.29) is 18.5 Å². The van der Waals surface area contributed by atoms with Crippen molar-refractivity contribution >= 4 is 5.91 Å². The lowest BCUT2D eigenvalue weighted by molar-refractivity contribution is -0.134. The Bertz CT molecular complexity index is 931. The van der Waals surface area contributed by atoms with Gasteiger partial charge in [0.15, 0.2) is 0 Å². The summed E-state index contributed by atoms with van der Waals surface area (Å²) in [6.07, 6.45) is 9.43. The fourth-order valence-corrected chi connectivity index (χ4v) is 5.65. The standard InChI is InChI=1S/C25H32FN5O/c26-13-21-2-1-3-24(21)30-8-10-31(11-9-30)25(32)17-29-7-6-20-12-19(4-5-22(20)16-29)23-14-27-18-28-15-23/h4-5,12,14-15,18,21,24H,1-3,6-11,13,16-17H2. The Labute approximate surface area is 189 Å². The van der Waals surface area contributed by atoms with Gasteiger partial charge < -0.3 is 4.90 Å². The number of halogens is 1. The summed E-state index contributed by atoms with van der Waals surface area (Å²) in [7, 11) is 0. The molecule has 1 aromatic heterocycles. The van der Waals surface area contributed by atoms with Crippen molar-refractivity contribution in [2.45, 2.75) is 38.3 Å². The van der Waals surface area contributed by atoms with Gasteiger partial charge in [-0.15, -0.1) is 0 Å². The monoisotopic (exact) mass is 437 g/mol. The van der Waals surface area contributed by atoms with Gasteiger partial charge in [-0.3, -0.25) is 19.0 Å². The van der Waals surface area contributed by atoms with E-state index in [0.717, 1.165) is 76.1 Å². The SMILES string of the molecule is O=C(CN1CCc2cc(-c3cncnc3)ccc2C1)N1CCN(C2CCCC2CF)CC1. The third-order valence-electron chi connectivity index (χ3n) is 7.50. The third-order valence-corrected chi connectivity index (χ3v) is 7.50. The van der Waals surface area contributed by atoms with Crippen molar-refractivity contribution in [1.29, 1.82) is 0 Å². The third kappa shape index (κ3) is 4.55. The molecule has 5 rings (SSSR count). The Hall–Kier alpha value is -2.38. The van der Waals surface area contributed by atoms with Crippen molar-refractivity contribution in [3.8, 4) is 11.1 Å². The molecule has 2 unspecified atom stereocenters. The van der Waals surface area contributed by atoms with Crippen molar-refractivity contribution in [2.75, 3.05) is 45.9 Å². The van der Waals surface area contributed by atoms with Crippen molar-refractivity contribution in [2.24, 2.45) is 5.92 Å². The second kappa shape index (κ2) is 9.63. The zero-order valence-corrected chi connectivity index (χ0v) is 18.6. The minimum atomic E-state index is -0.207. The van der Waals surface area contributed by atoms with Crippen molar-refractivity contribution in [3.05, 3.63) is 48.0 Å². The number of piperazine rings is 1. The molecule has 2 fully saturated rings. The number of benzene rings is 1. The average molecular weight is 438 g/mol. The molecule has 2 aliphatic heterocycles. The van der Waals surface area contributed by atoms with Gasteiger partial charge in [0, 0.05) is 69.2 Å². The van der Waals surface area contributed by atoms with Gasteiger partial charge in [-0.2, -0.15) is 0 Å². The fourth-order valence-electron chi connectivity index (χ4n) is 5.65. The molecule has 1 saturated carbocycles. The van der Waals surface area contributed by atoms with Crippen molar-refractivity contribution in [1.82, 2.24) is 24.7 Å². The first kappa shape index (κ1) is 21.5. The Morgan fingerprint density at radius 3 is 2.59 bits per heavy atom. The highest BCUT2D eigenvalue weighted by atomic mass is 19.1. The van der Waals surface area contributed by atoms with Gasteiger partial charge in [-0.05, 0) is 36.0 Å². The molecule has 3 aliphatic rings. The van der Waals surface area contributed by atoms with Crippen LogP contribution in [0.15, 0.2) is 36.9 Å². The molecular weight excluding hydrogens is 405 g/mol. The first-order valence-corrected chi connectivity index (χ1v) is 11.9. The minimum absolute atomic E-state index is 0.195. The highest BCUT2D eigenvalue weighted by Crippen LogP contribution is 2.31. The van der Waals surface area contributed by atoms with Crippen LogP contribution < -0.4 is 0 Å². The number of carbonyl (C=O) groups is 1. The number of hydrogen-bond donors (Lipinski definition) is 0. The number of carbonyl (C=O) groups excluding carboxylic acids is 1. The van der Waals surface area contributed by atoms with Crippen LogP contribution in [0.3, 0.4) is 0 Å². The molecule has 7 heteroatoms. The molecule has 1 aliphatic carbocycles. The molecule has 170 valence electrons. The predicted molar refractivity (Wildman–Crippen MR) is 122 cm³/mol. The molecular formula is C25H32FN5O. The van der Waals surface area contributed by atoms with Gasteiger partial charge in [-0.1, -0.05) is 24.6 Å². The maximum Gasteiger partial charge on any atom is 0.236 e. The Morgan fingerprint density at radius 2 is 1.81 bits per heavy atom. The number of hydrogen-bond acceptors (Lipinski definition) is 5. The van der Waals surface area contributed by atoms with E-state index in [1.54, 1.807) is 6.33 Å². The molecule has 1 saturated heterocycles.